The van der Waals surface area contributed by atoms with Crippen LogP contribution in [0.15, 0.2) is 24.5 Å². The van der Waals surface area contributed by atoms with Crippen molar-refractivity contribution in [1.82, 2.24) is 19.6 Å². The molecule has 1 aromatic carbocycles. The minimum Gasteiger partial charge on any atom is -0.481 e. The summed E-state index contributed by atoms with van der Waals surface area (Å²) in [6.45, 7) is 5.89. The lowest BCUT2D eigenvalue weighted by atomic mass is 9.92. The summed E-state index contributed by atoms with van der Waals surface area (Å²) in [6.07, 6.45) is 7.99. The molecule has 0 saturated carbocycles. The summed E-state index contributed by atoms with van der Waals surface area (Å²) in [6, 6.07) is 4.36. The number of carboxylic acids is 1. The molecule has 1 aliphatic rings. The molecule has 0 fully saturated rings. The van der Waals surface area contributed by atoms with Gasteiger partial charge in [-0.1, -0.05) is 43.6 Å². The number of rotatable bonds is 5. The van der Waals surface area contributed by atoms with Gasteiger partial charge >= 0.3 is 5.97 Å². The van der Waals surface area contributed by atoms with Gasteiger partial charge in [0.2, 0.25) is 0 Å². The normalized spacial score (nSPS) is 16.2. The first-order chi connectivity index (χ1) is 12.9. The number of aliphatic carboxylic acids is 1. The van der Waals surface area contributed by atoms with Gasteiger partial charge in [0, 0.05) is 17.1 Å². The van der Waals surface area contributed by atoms with Crippen LogP contribution >= 0.6 is 0 Å². The molecule has 0 saturated heterocycles. The number of carbonyl (C=O) groups is 1. The maximum Gasteiger partial charge on any atom is 0.310 e. The summed E-state index contributed by atoms with van der Waals surface area (Å²) in [5.41, 5.74) is 3.54. The lowest BCUT2D eigenvalue weighted by Gasteiger charge is -2.13. The van der Waals surface area contributed by atoms with E-state index < -0.39 is 11.9 Å². The molecule has 1 N–H and O–H groups in total. The highest BCUT2D eigenvalue weighted by Crippen LogP contribution is 2.19. The second-order valence-electron chi connectivity index (χ2n) is 7.78. The number of aromatic nitrogens is 4. The summed E-state index contributed by atoms with van der Waals surface area (Å²) in [5, 5.41) is 21.4. The first kappa shape index (κ1) is 17.6. The van der Waals surface area contributed by atoms with Crippen molar-refractivity contribution in [1.29, 1.82) is 0 Å². The Kier molecular flexibility index (Phi) is 4.38. The summed E-state index contributed by atoms with van der Waals surface area (Å²) >= 11 is 0. The quantitative estimate of drug-likeness (QED) is 0.642. The van der Waals surface area contributed by atoms with Gasteiger partial charge in [-0.05, 0) is 17.9 Å². The van der Waals surface area contributed by atoms with Gasteiger partial charge in [0.15, 0.2) is 0 Å². The van der Waals surface area contributed by atoms with Crippen LogP contribution in [0.5, 0.6) is 0 Å². The van der Waals surface area contributed by atoms with Gasteiger partial charge in [0.1, 0.15) is 7.85 Å². The van der Waals surface area contributed by atoms with Crippen molar-refractivity contribution in [2.45, 2.75) is 33.4 Å². The van der Waals surface area contributed by atoms with Crippen molar-refractivity contribution in [3.05, 3.63) is 40.7 Å². The topological polar surface area (TPSA) is 72.9 Å². The maximum atomic E-state index is 11.3. The molecule has 0 radical (unpaired) electrons. The van der Waals surface area contributed by atoms with Crippen LogP contribution in [-0.2, 0) is 17.9 Å². The van der Waals surface area contributed by atoms with E-state index in [9.17, 15) is 9.90 Å². The van der Waals surface area contributed by atoms with E-state index in [4.69, 9.17) is 0 Å². The highest BCUT2D eigenvalue weighted by molar-refractivity contribution is 6.33. The summed E-state index contributed by atoms with van der Waals surface area (Å²) in [7, 11) is 2.10. The molecule has 27 heavy (non-hydrogen) atoms. The van der Waals surface area contributed by atoms with Crippen molar-refractivity contribution in [3.8, 4) is 0 Å². The Hall–Kier alpha value is -2.83. The molecule has 3 aromatic rings. The largest absolute Gasteiger partial charge is 0.481 e. The van der Waals surface area contributed by atoms with Gasteiger partial charge in [0.25, 0.3) is 0 Å². The molecule has 0 amide bonds. The Morgan fingerprint density at radius 1 is 1.30 bits per heavy atom. The Bertz CT molecular complexity index is 1140. The van der Waals surface area contributed by atoms with Crippen LogP contribution in [0, 0.1) is 11.8 Å². The third-order valence-electron chi connectivity index (χ3n) is 4.99. The number of nitrogens with zero attached hydrogens (tertiary/aromatic N) is 4. The van der Waals surface area contributed by atoms with Crippen LogP contribution in [0.4, 0.5) is 0 Å². The molecule has 6 nitrogen and oxygen atoms in total. The van der Waals surface area contributed by atoms with Crippen LogP contribution in [0.25, 0.3) is 23.1 Å². The first-order valence-corrected chi connectivity index (χ1v) is 9.34. The van der Waals surface area contributed by atoms with Crippen LogP contribution in [0.2, 0.25) is 0 Å². The molecule has 0 unspecified atom stereocenters. The number of fused-ring (bicyclic) bond motifs is 2. The van der Waals surface area contributed by atoms with Crippen molar-refractivity contribution in [2.75, 3.05) is 0 Å². The fourth-order valence-corrected chi connectivity index (χ4v) is 3.84. The monoisotopic (exact) mass is 362 g/mol. The smallest absolute Gasteiger partial charge is 0.310 e. The lowest BCUT2D eigenvalue weighted by Crippen LogP contribution is -2.34. The van der Waals surface area contributed by atoms with Gasteiger partial charge in [-0.3, -0.25) is 14.2 Å². The third kappa shape index (κ3) is 3.29. The van der Waals surface area contributed by atoms with Crippen LogP contribution in [-0.4, -0.2) is 38.5 Å². The average Bonchev–Trinajstić information content (AvgIpc) is 3.18. The second kappa shape index (κ2) is 6.72. The predicted octanol–water partition coefficient (Wildman–Crippen LogP) is -0.139. The van der Waals surface area contributed by atoms with Crippen molar-refractivity contribution >= 4 is 42.3 Å². The van der Waals surface area contributed by atoms with Crippen LogP contribution < -0.4 is 16.0 Å². The first-order valence-electron chi connectivity index (χ1n) is 9.34. The summed E-state index contributed by atoms with van der Waals surface area (Å²) in [5.74, 6) is -0.744. The van der Waals surface area contributed by atoms with E-state index in [-0.39, 0.29) is 0 Å². The zero-order chi connectivity index (χ0) is 19.1. The van der Waals surface area contributed by atoms with Crippen molar-refractivity contribution in [3.63, 3.8) is 0 Å². The molecule has 2 heterocycles. The van der Waals surface area contributed by atoms with Crippen molar-refractivity contribution < 1.29 is 9.90 Å². The molecule has 1 atom stereocenters. The van der Waals surface area contributed by atoms with Gasteiger partial charge in [0.05, 0.1) is 35.7 Å². The van der Waals surface area contributed by atoms with Gasteiger partial charge in [-0.2, -0.15) is 10.2 Å². The minimum atomic E-state index is -0.789. The Labute approximate surface area is 158 Å². The molecular formula is C20H23BN4O2. The summed E-state index contributed by atoms with van der Waals surface area (Å²) in [4.78, 5) is 11.3. The van der Waals surface area contributed by atoms with Gasteiger partial charge in [-0.25, -0.2) is 0 Å². The highest BCUT2D eigenvalue weighted by atomic mass is 16.4. The standard InChI is InChI=1S/C20H23BN4O2/c1-12(2)10-25-19-15(9-23-25)6-17(21)7-16(19)11-24-18-4-3-13(20(26)27)5-14(18)8-22-24/h4-9,12-13H,3,10-11,21H2,1-2H3,(H,26,27)/t13-/m0/s1. The number of hydrogen-bond acceptors (Lipinski definition) is 3. The highest BCUT2D eigenvalue weighted by Gasteiger charge is 2.17. The molecule has 7 heteroatoms. The molecule has 1 aliphatic carbocycles. The van der Waals surface area contributed by atoms with Gasteiger partial charge in [-0.15, -0.1) is 0 Å². The Morgan fingerprint density at radius 2 is 2.07 bits per heavy atom. The molecule has 0 spiro atoms. The molecule has 0 aliphatic heterocycles. The van der Waals surface area contributed by atoms with Crippen molar-refractivity contribution in [2.24, 2.45) is 11.8 Å². The number of carboxylic acid groups (broad SMARTS) is 1. The summed E-state index contributed by atoms with van der Waals surface area (Å²) < 4.78 is 4.05. The molecule has 138 valence electrons. The minimum absolute atomic E-state index is 0.465. The number of benzene rings is 1. The predicted molar refractivity (Wildman–Crippen MR) is 108 cm³/mol. The lowest BCUT2D eigenvalue weighted by molar-refractivity contribution is -0.139. The van der Waals surface area contributed by atoms with E-state index in [0.29, 0.717) is 18.9 Å². The fraction of sp³-hybridized carbons (Fsp3) is 0.350. The van der Waals surface area contributed by atoms with E-state index >= 15 is 0 Å². The zero-order valence-electron chi connectivity index (χ0n) is 15.9. The second-order valence-corrected chi connectivity index (χ2v) is 7.78. The molecule has 4 rings (SSSR count). The fourth-order valence-electron chi connectivity index (χ4n) is 3.84. The Morgan fingerprint density at radius 3 is 2.81 bits per heavy atom. The molecular weight excluding hydrogens is 339 g/mol. The van der Waals surface area contributed by atoms with Crippen LogP contribution in [0.3, 0.4) is 0 Å². The van der Waals surface area contributed by atoms with E-state index in [0.717, 1.165) is 28.0 Å². The molecule has 2 aromatic heterocycles. The van der Waals surface area contributed by atoms with E-state index in [1.165, 1.54) is 11.0 Å². The maximum absolute atomic E-state index is 11.3. The Balaban J connectivity index is 1.78. The average molecular weight is 362 g/mol. The van der Waals surface area contributed by atoms with E-state index in [2.05, 4.69) is 48.7 Å². The van der Waals surface area contributed by atoms with E-state index in [1.54, 1.807) is 12.3 Å². The SMILES string of the molecule is Bc1cc(Cn2ncc3c2=CC[C@H](C(=O)O)C=3)c2c(cnn2CC(C)C)c1. The van der Waals surface area contributed by atoms with Crippen LogP contribution in [0.1, 0.15) is 25.8 Å². The number of hydrogen-bond donors (Lipinski definition) is 1. The zero-order valence-corrected chi connectivity index (χ0v) is 15.9. The molecule has 0 bridgehead atoms. The van der Waals surface area contributed by atoms with E-state index in [1.807, 2.05) is 17.0 Å². The van der Waals surface area contributed by atoms with Gasteiger partial charge < -0.3 is 5.11 Å². The third-order valence-corrected chi connectivity index (χ3v) is 4.99.